The summed E-state index contributed by atoms with van der Waals surface area (Å²) in [6.07, 6.45) is 5.57. The molecular formula is C15H24FN3. The van der Waals surface area contributed by atoms with E-state index in [1.165, 1.54) is 19.0 Å². The molecule has 0 spiro atoms. The Labute approximate surface area is 115 Å². The number of piperidine rings is 1. The highest BCUT2D eigenvalue weighted by Gasteiger charge is 2.19. The molecule has 0 aliphatic carbocycles. The van der Waals surface area contributed by atoms with Gasteiger partial charge in [0.2, 0.25) is 0 Å². The summed E-state index contributed by atoms with van der Waals surface area (Å²) in [5.74, 6) is 0.457. The summed E-state index contributed by atoms with van der Waals surface area (Å²) in [4.78, 5) is 6.34. The van der Waals surface area contributed by atoms with Gasteiger partial charge in [-0.05, 0) is 57.3 Å². The van der Waals surface area contributed by atoms with Gasteiger partial charge in [-0.2, -0.15) is 0 Å². The van der Waals surface area contributed by atoms with E-state index < -0.39 is 0 Å². The Morgan fingerprint density at radius 2 is 2.32 bits per heavy atom. The van der Waals surface area contributed by atoms with Gasteiger partial charge in [-0.25, -0.2) is 4.39 Å². The Balaban J connectivity index is 1.95. The molecule has 19 heavy (non-hydrogen) atoms. The third kappa shape index (κ3) is 4.55. The molecular weight excluding hydrogens is 241 g/mol. The van der Waals surface area contributed by atoms with Gasteiger partial charge in [0.15, 0.2) is 0 Å². The number of rotatable bonds is 5. The molecule has 1 fully saturated rings. The molecule has 0 bridgehead atoms. The molecule has 1 aromatic heterocycles. The van der Waals surface area contributed by atoms with Crippen molar-refractivity contribution in [1.82, 2.24) is 15.2 Å². The van der Waals surface area contributed by atoms with Gasteiger partial charge in [0.05, 0.1) is 6.20 Å². The van der Waals surface area contributed by atoms with Crippen molar-refractivity contribution in [3.05, 3.63) is 29.8 Å². The van der Waals surface area contributed by atoms with Crippen LogP contribution in [0, 0.1) is 11.7 Å². The van der Waals surface area contributed by atoms with Crippen LogP contribution in [0.25, 0.3) is 0 Å². The number of nitrogens with zero attached hydrogens (tertiary/aromatic N) is 2. The first-order valence-corrected chi connectivity index (χ1v) is 7.19. The molecule has 1 saturated heterocycles. The Morgan fingerprint density at radius 1 is 1.47 bits per heavy atom. The lowest BCUT2D eigenvalue weighted by atomic mass is 9.98. The van der Waals surface area contributed by atoms with Gasteiger partial charge < -0.3 is 5.32 Å². The van der Waals surface area contributed by atoms with E-state index in [0.717, 1.165) is 31.7 Å². The minimum Gasteiger partial charge on any atom is -0.316 e. The van der Waals surface area contributed by atoms with E-state index in [1.807, 2.05) is 0 Å². The van der Waals surface area contributed by atoms with Crippen LogP contribution in [0.3, 0.4) is 0 Å². The highest BCUT2D eigenvalue weighted by Crippen LogP contribution is 2.16. The van der Waals surface area contributed by atoms with Crippen LogP contribution in [0.5, 0.6) is 0 Å². The molecule has 0 aromatic carbocycles. The number of halogens is 1. The minimum atomic E-state index is -0.250. The van der Waals surface area contributed by atoms with E-state index in [-0.39, 0.29) is 5.82 Å². The SMILES string of the molecule is CC(C)N(Cc1cncc(F)c1)CC1CCCNC1. The van der Waals surface area contributed by atoms with Crippen molar-refractivity contribution in [3.63, 3.8) is 0 Å². The molecule has 2 rings (SSSR count). The summed E-state index contributed by atoms with van der Waals surface area (Å²) in [7, 11) is 0. The van der Waals surface area contributed by atoms with Crippen molar-refractivity contribution in [2.24, 2.45) is 5.92 Å². The van der Waals surface area contributed by atoms with Crippen LogP contribution >= 0.6 is 0 Å². The van der Waals surface area contributed by atoms with E-state index in [4.69, 9.17) is 0 Å². The van der Waals surface area contributed by atoms with E-state index in [1.54, 1.807) is 12.3 Å². The maximum Gasteiger partial charge on any atom is 0.141 e. The van der Waals surface area contributed by atoms with Crippen molar-refractivity contribution in [3.8, 4) is 0 Å². The molecule has 2 heterocycles. The van der Waals surface area contributed by atoms with Gasteiger partial charge in [-0.15, -0.1) is 0 Å². The van der Waals surface area contributed by atoms with Crippen LogP contribution in [0.4, 0.5) is 4.39 Å². The van der Waals surface area contributed by atoms with E-state index >= 15 is 0 Å². The van der Waals surface area contributed by atoms with Crippen molar-refractivity contribution >= 4 is 0 Å². The van der Waals surface area contributed by atoms with Crippen LogP contribution < -0.4 is 5.32 Å². The summed E-state index contributed by atoms with van der Waals surface area (Å²) < 4.78 is 13.2. The van der Waals surface area contributed by atoms with E-state index in [9.17, 15) is 4.39 Å². The average Bonchev–Trinajstić information content (AvgIpc) is 2.39. The molecule has 0 amide bonds. The quantitative estimate of drug-likeness (QED) is 0.886. The average molecular weight is 265 g/mol. The first-order chi connectivity index (χ1) is 9.15. The van der Waals surface area contributed by atoms with Crippen LogP contribution in [-0.2, 0) is 6.54 Å². The predicted molar refractivity (Wildman–Crippen MR) is 75.3 cm³/mol. The predicted octanol–water partition coefficient (Wildman–Crippen LogP) is 2.43. The van der Waals surface area contributed by atoms with Crippen LogP contribution in [0.15, 0.2) is 18.5 Å². The molecule has 1 aromatic rings. The third-order valence-electron chi connectivity index (χ3n) is 3.77. The fourth-order valence-electron chi connectivity index (χ4n) is 2.65. The van der Waals surface area contributed by atoms with Crippen molar-refractivity contribution in [2.45, 2.75) is 39.3 Å². The van der Waals surface area contributed by atoms with Gasteiger partial charge in [0.1, 0.15) is 5.82 Å². The van der Waals surface area contributed by atoms with Gasteiger partial charge >= 0.3 is 0 Å². The standard InChI is InChI=1S/C15H24FN3/c1-12(2)19(10-13-4-3-5-17-7-13)11-14-6-15(16)9-18-8-14/h6,8-9,12-13,17H,3-5,7,10-11H2,1-2H3. The van der Waals surface area contributed by atoms with Crippen molar-refractivity contribution < 1.29 is 4.39 Å². The highest BCUT2D eigenvalue weighted by molar-refractivity contribution is 5.10. The number of hydrogen-bond acceptors (Lipinski definition) is 3. The smallest absolute Gasteiger partial charge is 0.141 e. The molecule has 3 nitrogen and oxygen atoms in total. The first kappa shape index (κ1) is 14.4. The molecule has 1 unspecified atom stereocenters. The second-order valence-electron chi connectivity index (χ2n) is 5.75. The number of pyridine rings is 1. The van der Waals surface area contributed by atoms with Gasteiger partial charge in [-0.3, -0.25) is 9.88 Å². The lowest BCUT2D eigenvalue weighted by Crippen LogP contribution is -2.40. The van der Waals surface area contributed by atoms with Crippen LogP contribution in [0.1, 0.15) is 32.3 Å². The molecule has 1 atom stereocenters. The monoisotopic (exact) mass is 265 g/mol. The van der Waals surface area contributed by atoms with E-state index in [0.29, 0.717) is 12.0 Å². The molecule has 1 aliphatic heterocycles. The topological polar surface area (TPSA) is 28.2 Å². The molecule has 1 aliphatic rings. The van der Waals surface area contributed by atoms with Gasteiger partial charge in [-0.1, -0.05) is 0 Å². The number of aromatic nitrogens is 1. The van der Waals surface area contributed by atoms with Gasteiger partial charge in [0.25, 0.3) is 0 Å². The fourth-order valence-corrected chi connectivity index (χ4v) is 2.65. The largest absolute Gasteiger partial charge is 0.316 e. The number of hydrogen-bond donors (Lipinski definition) is 1. The first-order valence-electron chi connectivity index (χ1n) is 7.19. The summed E-state index contributed by atoms with van der Waals surface area (Å²) in [6.45, 7) is 8.49. The Bertz CT molecular complexity index is 389. The third-order valence-corrected chi connectivity index (χ3v) is 3.77. The maximum atomic E-state index is 13.2. The summed E-state index contributed by atoms with van der Waals surface area (Å²) in [5.41, 5.74) is 0.956. The normalized spacial score (nSPS) is 20.2. The zero-order chi connectivity index (χ0) is 13.7. The highest BCUT2D eigenvalue weighted by atomic mass is 19.1. The van der Waals surface area contributed by atoms with Gasteiger partial charge in [0, 0.05) is 25.3 Å². The zero-order valence-electron chi connectivity index (χ0n) is 11.9. The zero-order valence-corrected chi connectivity index (χ0v) is 11.9. The summed E-state index contributed by atoms with van der Waals surface area (Å²) in [6, 6.07) is 2.05. The summed E-state index contributed by atoms with van der Waals surface area (Å²) >= 11 is 0. The summed E-state index contributed by atoms with van der Waals surface area (Å²) in [5, 5.41) is 3.45. The lowest BCUT2D eigenvalue weighted by molar-refractivity contribution is 0.163. The van der Waals surface area contributed by atoms with Crippen molar-refractivity contribution in [2.75, 3.05) is 19.6 Å². The Hall–Kier alpha value is -1.00. The second kappa shape index (κ2) is 6.96. The minimum absolute atomic E-state index is 0.250. The molecule has 1 N–H and O–H groups in total. The fraction of sp³-hybridized carbons (Fsp3) is 0.667. The number of nitrogens with one attached hydrogen (secondary N) is 1. The lowest BCUT2D eigenvalue weighted by Gasteiger charge is -2.32. The van der Waals surface area contributed by atoms with Crippen molar-refractivity contribution in [1.29, 1.82) is 0 Å². The van der Waals surface area contributed by atoms with E-state index in [2.05, 4.69) is 29.0 Å². The Morgan fingerprint density at radius 3 is 2.95 bits per heavy atom. The molecule has 0 saturated carbocycles. The maximum absolute atomic E-state index is 13.2. The van der Waals surface area contributed by atoms with Crippen LogP contribution in [-0.4, -0.2) is 35.6 Å². The molecule has 0 radical (unpaired) electrons. The molecule has 106 valence electrons. The Kier molecular flexibility index (Phi) is 5.28. The second-order valence-corrected chi connectivity index (χ2v) is 5.75. The molecule has 4 heteroatoms. The van der Waals surface area contributed by atoms with Crippen LogP contribution in [0.2, 0.25) is 0 Å².